The topological polar surface area (TPSA) is 72.8 Å². The number of aromatic hydroxyl groups is 1. The molecule has 6 rings (SSSR count). The van der Waals surface area contributed by atoms with Gasteiger partial charge in [-0.05, 0) is 119 Å². The minimum absolute atomic E-state index is 0.0930. The highest BCUT2D eigenvalue weighted by Crippen LogP contribution is 2.40. The van der Waals surface area contributed by atoms with Crippen LogP contribution in [0.1, 0.15) is 109 Å². The summed E-state index contributed by atoms with van der Waals surface area (Å²) in [7, 11) is -3.92. The van der Waals surface area contributed by atoms with E-state index in [1.165, 1.54) is 29.3 Å². The molecule has 0 saturated heterocycles. The zero-order valence-electron chi connectivity index (χ0n) is 35.5. The van der Waals surface area contributed by atoms with Crippen molar-refractivity contribution < 1.29 is 23.0 Å². The van der Waals surface area contributed by atoms with Crippen molar-refractivity contribution in [1.29, 1.82) is 0 Å². The maximum atomic E-state index is 13.9. The molecule has 59 heavy (non-hydrogen) atoms. The molecule has 0 aliphatic rings. The summed E-state index contributed by atoms with van der Waals surface area (Å²) in [5, 5.41) is 9.76. The molecule has 0 saturated carbocycles. The molecule has 1 N–H and O–H groups in total. The van der Waals surface area contributed by atoms with Crippen LogP contribution in [-0.2, 0) is 31.7 Å². The van der Waals surface area contributed by atoms with Crippen molar-refractivity contribution in [2.24, 2.45) is 0 Å². The van der Waals surface area contributed by atoms with E-state index in [0.717, 1.165) is 28.7 Å². The van der Waals surface area contributed by atoms with Crippen LogP contribution in [0.2, 0.25) is 0 Å². The Kier molecular flexibility index (Phi) is 12.5. The lowest BCUT2D eigenvalue weighted by molar-refractivity contribution is 0.0790. The quantitative estimate of drug-likeness (QED) is 0.0953. The number of phenols is 1. The van der Waals surface area contributed by atoms with Gasteiger partial charge in [0.25, 0.3) is 0 Å². The molecule has 0 aromatic heterocycles. The summed E-state index contributed by atoms with van der Waals surface area (Å²) in [5.74, 6) is 1.79. The Balaban J connectivity index is 1.14. The average Bonchev–Trinajstić information content (AvgIpc) is 3.22. The number of ether oxygens (including phenoxy) is 2. The lowest BCUT2D eigenvalue weighted by Gasteiger charge is -2.32. The number of phenolic OH excluding ortho intramolecular Hbond substituents is 1. The molecule has 6 aromatic rings. The van der Waals surface area contributed by atoms with Crippen molar-refractivity contribution in [3.63, 3.8) is 0 Å². The third-order valence-electron chi connectivity index (χ3n) is 12.4. The molecule has 5 nitrogen and oxygen atoms in total. The minimum atomic E-state index is -3.92. The molecule has 6 aromatic carbocycles. The summed E-state index contributed by atoms with van der Waals surface area (Å²) in [6, 6.07) is 42.0. The predicted molar refractivity (Wildman–Crippen MR) is 246 cm³/mol. The van der Waals surface area contributed by atoms with Gasteiger partial charge in [-0.15, -0.1) is 25.3 Å². The van der Waals surface area contributed by atoms with Gasteiger partial charge in [0.05, 0.1) is 9.79 Å². The first-order chi connectivity index (χ1) is 27.7. The molecular formula is C51H56O5S3. The number of benzene rings is 6. The monoisotopic (exact) mass is 844 g/mol. The van der Waals surface area contributed by atoms with Crippen molar-refractivity contribution in [1.82, 2.24) is 0 Å². The van der Waals surface area contributed by atoms with E-state index in [0.29, 0.717) is 33.5 Å². The summed E-state index contributed by atoms with van der Waals surface area (Å²) in [4.78, 5) is 0.992. The Morgan fingerprint density at radius 2 is 0.898 bits per heavy atom. The Labute approximate surface area is 362 Å². The molecule has 0 bridgehead atoms. The minimum Gasteiger partial charge on any atom is -0.508 e. The highest BCUT2D eigenvalue weighted by atomic mass is 32.2. The van der Waals surface area contributed by atoms with E-state index in [4.69, 9.17) is 9.47 Å². The lowest BCUT2D eigenvalue weighted by atomic mass is 9.76. The van der Waals surface area contributed by atoms with Crippen LogP contribution in [0.3, 0.4) is 0 Å². The number of hydrogen-bond acceptors (Lipinski definition) is 7. The smallest absolute Gasteiger partial charge is 0.206 e. The van der Waals surface area contributed by atoms with E-state index >= 15 is 0 Å². The van der Waals surface area contributed by atoms with Gasteiger partial charge in [-0.3, -0.25) is 0 Å². The van der Waals surface area contributed by atoms with Crippen LogP contribution < -0.4 is 9.47 Å². The largest absolute Gasteiger partial charge is 0.508 e. The van der Waals surface area contributed by atoms with Gasteiger partial charge in [0.2, 0.25) is 9.84 Å². The number of hydrogen-bond donors (Lipinski definition) is 3. The second-order valence-corrected chi connectivity index (χ2v) is 20.2. The average molecular weight is 845 g/mol. The lowest BCUT2D eigenvalue weighted by Crippen LogP contribution is -2.29. The normalized spacial score (nSPS) is 13.5. The van der Waals surface area contributed by atoms with Crippen LogP contribution in [-0.4, -0.2) is 13.5 Å². The van der Waals surface area contributed by atoms with E-state index in [1.807, 2.05) is 31.2 Å². The molecule has 0 radical (unpaired) electrons. The molecule has 0 spiro atoms. The third kappa shape index (κ3) is 9.11. The molecular weight excluding hydrogens is 789 g/mol. The zero-order valence-corrected chi connectivity index (χ0v) is 38.1. The summed E-state index contributed by atoms with van der Waals surface area (Å²) in [6.45, 7) is 19.6. The van der Waals surface area contributed by atoms with Crippen LogP contribution in [0.4, 0.5) is 0 Å². The second-order valence-electron chi connectivity index (χ2n) is 17.3. The molecule has 1 unspecified atom stereocenters. The molecule has 0 amide bonds. The number of thiol groups is 2. The first-order valence-electron chi connectivity index (χ1n) is 20.1. The van der Waals surface area contributed by atoms with Gasteiger partial charge in [0.15, 0.2) is 0 Å². The van der Waals surface area contributed by atoms with Gasteiger partial charge >= 0.3 is 0 Å². The van der Waals surface area contributed by atoms with Gasteiger partial charge in [0.1, 0.15) is 28.6 Å². The first kappa shape index (κ1) is 43.9. The number of rotatable bonds is 14. The fourth-order valence-electron chi connectivity index (χ4n) is 7.27. The molecule has 1 atom stereocenters. The van der Waals surface area contributed by atoms with Crippen molar-refractivity contribution >= 4 is 35.1 Å². The van der Waals surface area contributed by atoms with Crippen molar-refractivity contribution in [3.8, 4) is 23.0 Å². The van der Waals surface area contributed by atoms with Crippen LogP contribution in [0.25, 0.3) is 0 Å². The maximum absolute atomic E-state index is 13.9. The van der Waals surface area contributed by atoms with E-state index in [-0.39, 0.29) is 31.8 Å². The summed E-state index contributed by atoms with van der Waals surface area (Å²) in [5.41, 5.74) is 5.86. The van der Waals surface area contributed by atoms with Gasteiger partial charge in [-0.2, -0.15) is 0 Å². The highest BCUT2D eigenvalue weighted by Gasteiger charge is 2.31. The van der Waals surface area contributed by atoms with Gasteiger partial charge in [-0.1, -0.05) is 128 Å². The zero-order chi connectivity index (χ0) is 43.0. The van der Waals surface area contributed by atoms with E-state index in [1.54, 1.807) is 30.3 Å². The molecule has 8 heteroatoms. The molecule has 0 aliphatic carbocycles. The predicted octanol–water partition coefficient (Wildman–Crippen LogP) is 13.6. The van der Waals surface area contributed by atoms with Gasteiger partial charge in [0, 0.05) is 20.6 Å². The van der Waals surface area contributed by atoms with Gasteiger partial charge < -0.3 is 14.6 Å². The number of sulfone groups is 1. The molecule has 308 valence electrons. The highest BCUT2D eigenvalue weighted by molar-refractivity contribution is 7.91. The Bertz CT molecular complexity index is 2520. The van der Waals surface area contributed by atoms with Crippen LogP contribution in [0.15, 0.2) is 153 Å². The molecule has 0 fully saturated rings. The standard InChI is InChI=1S/C51H56O5S3/c1-10-48(3,4)34-12-14-35(15-13-34)50(7,8)38-22-26-41(27-23-38)55-44-30-28-42(32-46(44)57)59(53,54)43-29-31-45(47(58)33-43)56-51(9,11-2)39-18-16-36(17-19-39)49(5,6)37-20-24-40(52)25-21-37/h12-33,52,57-58H,10-11H2,1-9H3. The maximum Gasteiger partial charge on any atom is 0.206 e. The Morgan fingerprint density at radius 3 is 1.32 bits per heavy atom. The molecule has 0 aliphatic heterocycles. The van der Waals surface area contributed by atoms with Gasteiger partial charge in [-0.25, -0.2) is 8.42 Å². The van der Waals surface area contributed by atoms with Crippen molar-refractivity contribution in [2.45, 2.75) is 117 Å². The third-order valence-corrected chi connectivity index (χ3v) is 14.8. The van der Waals surface area contributed by atoms with Crippen molar-refractivity contribution in [3.05, 3.63) is 167 Å². The Hall–Kier alpha value is -4.63. The summed E-state index contributed by atoms with van der Waals surface area (Å²) >= 11 is 9.32. The van der Waals surface area contributed by atoms with Crippen LogP contribution in [0.5, 0.6) is 23.0 Å². The fraction of sp³-hybridized carbons (Fsp3) is 0.294. The van der Waals surface area contributed by atoms with E-state index < -0.39 is 15.4 Å². The first-order valence-corrected chi connectivity index (χ1v) is 22.5. The second kappa shape index (κ2) is 16.8. The fourth-order valence-corrected chi connectivity index (χ4v) is 9.28. The molecule has 0 heterocycles. The SMILES string of the molecule is CCC(C)(C)c1ccc(C(C)(C)c2ccc(Oc3ccc(S(=O)(=O)c4ccc(OC(C)(CC)c5ccc(C(C)(C)c6ccc(O)cc6)cc5)c(S)c4)cc3S)cc2)cc1. The summed E-state index contributed by atoms with van der Waals surface area (Å²) < 4.78 is 40.6. The van der Waals surface area contributed by atoms with E-state index in [2.05, 4.69) is 141 Å². The van der Waals surface area contributed by atoms with E-state index in [9.17, 15) is 13.5 Å². The van der Waals surface area contributed by atoms with Crippen LogP contribution in [0, 0.1) is 0 Å². The summed E-state index contributed by atoms with van der Waals surface area (Å²) in [6.07, 6.45) is 1.74. The van der Waals surface area contributed by atoms with Crippen LogP contribution >= 0.6 is 25.3 Å². The van der Waals surface area contributed by atoms with Crippen molar-refractivity contribution in [2.75, 3.05) is 0 Å². The Morgan fingerprint density at radius 1 is 0.508 bits per heavy atom.